The van der Waals surface area contributed by atoms with E-state index in [-0.39, 0.29) is 0 Å². The van der Waals surface area contributed by atoms with E-state index in [0.29, 0.717) is 12.2 Å². The van der Waals surface area contributed by atoms with Gasteiger partial charge in [-0.25, -0.2) is 0 Å². The third kappa shape index (κ3) is 2.35. The van der Waals surface area contributed by atoms with Crippen LogP contribution in [0.1, 0.15) is 38.5 Å². The monoisotopic (exact) mass is 211 g/mol. The molecule has 3 heterocycles. The van der Waals surface area contributed by atoms with Gasteiger partial charge in [0.05, 0.1) is 12.2 Å². The van der Waals surface area contributed by atoms with Gasteiger partial charge in [-0.05, 0) is 38.5 Å². The van der Waals surface area contributed by atoms with E-state index in [1.807, 2.05) is 0 Å². The van der Waals surface area contributed by atoms with Gasteiger partial charge in [0.25, 0.3) is 0 Å². The molecule has 0 saturated carbocycles. The molecule has 86 valence electrons. The number of nitrogens with one attached hydrogen (secondary N) is 1. The highest BCUT2D eigenvalue weighted by atomic mass is 16.5. The highest BCUT2D eigenvalue weighted by Gasteiger charge is 2.35. The first-order valence-corrected chi connectivity index (χ1v) is 6.39. The summed E-state index contributed by atoms with van der Waals surface area (Å²) in [6.07, 6.45) is 8.37. The van der Waals surface area contributed by atoms with Crippen molar-refractivity contribution in [3.05, 3.63) is 0 Å². The summed E-state index contributed by atoms with van der Waals surface area (Å²) in [6, 6.07) is 1.49. The van der Waals surface area contributed by atoms with Crippen molar-refractivity contribution in [2.24, 2.45) is 0 Å². The fourth-order valence-corrected chi connectivity index (χ4v) is 3.20. The fraction of sp³-hybridized carbons (Fsp3) is 1.00. The van der Waals surface area contributed by atoms with Crippen LogP contribution in [0.25, 0.3) is 0 Å². The summed E-state index contributed by atoms with van der Waals surface area (Å²) >= 11 is 0. The molecule has 0 aliphatic carbocycles. The second-order valence-corrected chi connectivity index (χ2v) is 5.18. The van der Waals surface area contributed by atoms with Crippen molar-refractivity contribution in [3.8, 4) is 0 Å². The molecule has 0 aromatic carbocycles. The number of hydrogen-bond donors (Lipinski definition) is 1. The van der Waals surface area contributed by atoms with E-state index in [2.05, 4.69) is 5.32 Å². The molecule has 3 fully saturated rings. The van der Waals surface area contributed by atoms with Gasteiger partial charge < -0.3 is 14.8 Å². The van der Waals surface area contributed by atoms with Crippen molar-refractivity contribution < 1.29 is 9.47 Å². The Morgan fingerprint density at radius 2 is 1.53 bits per heavy atom. The van der Waals surface area contributed by atoms with Gasteiger partial charge in [0.2, 0.25) is 0 Å². The Hall–Kier alpha value is -0.120. The van der Waals surface area contributed by atoms with Crippen LogP contribution >= 0.6 is 0 Å². The Bertz CT molecular complexity index is 204. The topological polar surface area (TPSA) is 30.5 Å². The Balaban J connectivity index is 1.50. The summed E-state index contributed by atoms with van der Waals surface area (Å²) in [5, 5.41) is 3.65. The highest BCUT2D eigenvalue weighted by molar-refractivity contribution is 4.93. The number of ether oxygens (including phenoxy) is 2. The Kier molecular flexibility index (Phi) is 2.95. The van der Waals surface area contributed by atoms with E-state index >= 15 is 0 Å². The number of piperidine rings is 1. The molecule has 3 rings (SSSR count). The van der Waals surface area contributed by atoms with Gasteiger partial charge in [-0.15, -0.1) is 0 Å². The lowest BCUT2D eigenvalue weighted by Crippen LogP contribution is -2.43. The predicted molar refractivity (Wildman–Crippen MR) is 57.9 cm³/mol. The molecule has 3 heteroatoms. The largest absolute Gasteiger partial charge is 0.381 e. The van der Waals surface area contributed by atoms with E-state index in [4.69, 9.17) is 9.47 Å². The molecule has 0 amide bonds. The van der Waals surface area contributed by atoms with Crippen LogP contribution in [0.3, 0.4) is 0 Å². The van der Waals surface area contributed by atoms with Crippen LogP contribution in [0.2, 0.25) is 0 Å². The molecule has 3 nitrogen and oxygen atoms in total. The van der Waals surface area contributed by atoms with Crippen molar-refractivity contribution in [2.45, 2.75) is 62.8 Å². The van der Waals surface area contributed by atoms with Gasteiger partial charge >= 0.3 is 0 Å². The molecule has 3 atom stereocenters. The summed E-state index contributed by atoms with van der Waals surface area (Å²) in [4.78, 5) is 0. The van der Waals surface area contributed by atoms with Gasteiger partial charge in [-0.1, -0.05) is 0 Å². The van der Waals surface area contributed by atoms with E-state index in [9.17, 15) is 0 Å². The maximum Gasteiger partial charge on any atom is 0.0622 e. The van der Waals surface area contributed by atoms with Crippen LogP contribution < -0.4 is 5.32 Å². The second-order valence-electron chi connectivity index (χ2n) is 5.18. The van der Waals surface area contributed by atoms with Crippen molar-refractivity contribution in [1.29, 1.82) is 0 Å². The van der Waals surface area contributed by atoms with Gasteiger partial charge in [-0.2, -0.15) is 0 Å². The molecular weight excluding hydrogens is 190 g/mol. The quantitative estimate of drug-likeness (QED) is 0.750. The van der Waals surface area contributed by atoms with Crippen LogP contribution in [0.15, 0.2) is 0 Å². The lowest BCUT2D eigenvalue weighted by Gasteiger charge is -2.33. The van der Waals surface area contributed by atoms with Crippen molar-refractivity contribution in [3.63, 3.8) is 0 Å². The zero-order chi connectivity index (χ0) is 10.1. The smallest absolute Gasteiger partial charge is 0.0622 e. The minimum atomic E-state index is 0.473. The normalized spacial score (nSPS) is 42.0. The second kappa shape index (κ2) is 4.40. The minimum absolute atomic E-state index is 0.473. The lowest BCUT2D eigenvalue weighted by molar-refractivity contribution is -0.0810. The molecule has 3 aliphatic heterocycles. The summed E-state index contributed by atoms with van der Waals surface area (Å²) in [5.41, 5.74) is 0. The molecule has 0 radical (unpaired) electrons. The molecule has 0 spiro atoms. The third-order valence-electron chi connectivity index (χ3n) is 3.98. The van der Waals surface area contributed by atoms with Crippen LogP contribution in [0, 0.1) is 0 Å². The van der Waals surface area contributed by atoms with Crippen molar-refractivity contribution in [2.75, 3.05) is 13.2 Å². The molecule has 0 aromatic rings. The average Bonchev–Trinajstić information content (AvgIpc) is 2.60. The van der Waals surface area contributed by atoms with Gasteiger partial charge in [0.1, 0.15) is 0 Å². The highest BCUT2D eigenvalue weighted by Crippen LogP contribution is 2.30. The number of hydrogen-bond acceptors (Lipinski definition) is 3. The maximum atomic E-state index is 6.19. The Morgan fingerprint density at radius 3 is 2.20 bits per heavy atom. The summed E-state index contributed by atoms with van der Waals surface area (Å²) in [5.74, 6) is 0. The summed E-state index contributed by atoms with van der Waals surface area (Å²) < 4.78 is 11.5. The number of fused-ring (bicyclic) bond motifs is 2. The Labute approximate surface area is 91.5 Å². The molecule has 15 heavy (non-hydrogen) atoms. The minimum Gasteiger partial charge on any atom is -0.381 e. The molecule has 3 aliphatic rings. The SMILES string of the molecule is C1CC(OC2C[C@H]3CC[C@@H](C2)N3)CCO1. The zero-order valence-electron chi connectivity index (χ0n) is 9.28. The fourth-order valence-electron chi connectivity index (χ4n) is 3.20. The summed E-state index contributed by atoms with van der Waals surface area (Å²) in [7, 11) is 0. The van der Waals surface area contributed by atoms with Gasteiger partial charge in [0, 0.05) is 25.3 Å². The standard InChI is InChI=1S/C12H21NO2/c1-2-10-8-12(7-9(1)13-10)15-11-3-5-14-6-4-11/h9-13H,1-8H2/t9-,10+,12?. The van der Waals surface area contributed by atoms with E-state index in [1.165, 1.54) is 25.7 Å². The third-order valence-corrected chi connectivity index (χ3v) is 3.98. The molecule has 0 aromatic heterocycles. The van der Waals surface area contributed by atoms with Gasteiger partial charge in [-0.3, -0.25) is 0 Å². The predicted octanol–water partition coefficient (Wildman–Crippen LogP) is 1.47. The molecule has 1 unspecified atom stereocenters. The van der Waals surface area contributed by atoms with Crippen molar-refractivity contribution in [1.82, 2.24) is 5.32 Å². The Morgan fingerprint density at radius 1 is 0.867 bits per heavy atom. The molecule has 3 saturated heterocycles. The average molecular weight is 211 g/mol. The van der Waals surface area contributed by atoms with Crippen molar-refractivity contribution >= 4 is 0 Å². The maximum absolute atomic E-state index is 6.19. The molecular formula is C12H21NO2. The number of rotatable bonds is 2. The molecule has 1 N–H and O–H groups in total. The van der Waals surface area contributed by atoms with Crippen LogP contribution in [0.5, 0.6) is 0 Å². The van der Waals surface area contributed by atoms with E-state index in [1.54, 1.807) is 0 Å². The summed E-state index contributed by atoms with van der Waals surface area (Å²) in [6.45, 7) is 1.78. The van der Waals surface area contributed by atoms with E-state index < -0.39 is 0 Å². The first kappa shape index (κ1) is 10.1. The molecule has 2 bridgehead atoms. The van der Waals surface area contributed by atoms with Crippen LogP contribution in [-0.2, 0) is 9.47 Å². The van der Waals surface area contributed by atoms with Gasteiger partial charge in [0.15, 0.2) is 0 Å². The van der Waals surface area contributed by atoms with E-state index in [0.717, 1.165) is 38.1 Å². The zero-order valence-corrected chi connectivity index (χ0v) is 9.28. The van der Waals surface area contributed by atoms with Crippen LogP contribution in [-0.4, -0.2) is 37.5 Å². The lowest BCUT2D eigenvalue weighted by atomic mass is 10.0. The first-order valence-electron chi connectivity index (χ1n) is 6.39. The van der Waals surface area contributed by atoms with Crippen LogP contribution in [0.4, 0.5) is 0 Å². The first-order chi connectivity index (χ1) is 7.40.